The fourth-order valence-electron chi connectivity index (χ4n) is 2.82. The third-order valence-corrected chi connectivity index (χ3v) is 4.04. The Bertz CT molecular complexity index is 818. The van der Waals surface area contributed by atoms with Crippen molar-refractivity contribution in [2.75, 3.05) is 11.4 Å². The summed E-state index contributed by atoms with van der Waals surface area (Å²) in [5, 5.41) is 9.41. The topological polar surface area (TPSA) is 62.1 Å². The minimum absolute atomic E-state index is 0.287. The van der Waals surface area contributed by atoms with Crippen LogP contribution in [0.2, 0.25) is 0 Å². The van der Waals surface area contributed by atoms with E-state index in [0.717, 1.165) is 42.1 Å². The molecule has 0 saturated heterocycles. The zero-order valence-corrected chi connectivity index (χ0v) is 12.6. The van der Waals surface area contributed by atoms with Crippen LogP contribution in [-0.2, 0) is 13.0 Å². The first kappa shape index (κ1) is 13.7. The first-order chi connectivity index (χ1) is 11.3. The van der Waals surface area contributed by atoms with Crippen molar-refractivity contribution in [3.63, 3.8) is 0 Å². The van der Waals surface area contributed by atoms with Crippen molar-refractivity contribution in [1.82, 2.24) is 15.0 Å². The van der Waals surface area contributed by atoms with Crippen LogP contribution in [0.4, 0.5) is 5.69 Å². The van der Waals surface area contributed by atoms with E-state index in [-0.39, 0.29) is 5.75 Å². The molecule has 5 heteroatoms. The number of phenolic OH excluding ortho intramolecular Hbond substituents is 1. The highest BCUT2D eigenvalue weighted by Gasteiger charge is 2.19. The number of benzene rings is 1. The minimum Gasteiger partial charge on any atom is -0.508 e. The van der Waals surface area contributed by atoms with Crippen LogP contribution in [0.25, 0.3) is 11.5 Å². The van der Waals surface area contributed by atoms with Gasteiger partial charge in [0.15, 0.2) is 5.82 Å². The Morgan fingerprint density at radius 2 is 1.87 bits per heavy atom. The molecule has 0 aliphatic carbocycles. The van der Waals surface area contributed by atoms with Gasteiger partial charge in [-0.2, -0.15) is 0 Å². The average molecular weight is 304 g/mol. The molecule has 1 aliphatic rings. The van der Waals surface area contributed by atoms with Gasteiger partial charge in [-0.1, -0.05) is 6.07 Å². The predicted octanol–water partition coefficient (Wildman–Crippen LogP) is 2.81. The first-order valence-electron chi connectivity index (χ1n) is 7.60. The molecule has 3 heterocycles. The maximum atomic E-state index is 9.41. The van der Waals surface area contributed by atoms with Gasteiger partial charge in [-0.25, -0.2) is 9.97 Å². The molecule has 0 saturated carbocycles. The van der Waals surface area contributed by atoms with Crippen LogP contribution >= 0.6 is 0 Å². The van der Waals surface area contributed by atoms with Gasteiger partial charge in [0.25, 0.3) is 0 Å². The molecular weight excluding hydrogens is 288 g/mol. The van der Waals surface area contributed by atoms with Crippen LogP contribution in [0.15, 0.2) is 54.9 Å². The van der Waals surface area contributed by atoms with Crippen molar-refractivity contribution in [1.29, 1.82) is 0 Å². The maximum absolute atomic E-state index is 9.41. The fourth-order valence-corrected chi connectivity index (χ4v) is 2.82. The van der Waals surface area contributed by atoms with Gasteiger partial charge in [0.1, 0.15) is 11.4 Å². The number of aromatic hydroxyl groups is 1. The van der Waals surface area contributed by atoms with Crippen LogP contribution in [0, 0.1) is 0 Å². The Morgan fingerprint density at radius 3 is 2.65 bits per heavy atom. The van der Waals surface area contributed by atoms with Crippen molar-refractivity contribution in [2.45, 2.75) is 13.0 Å². The Labute approximate surface area is 134 Å². The summed E-state index contributed by atoms with van der Waals surface area (Å²) in [4.78, 5) is 15.7. The van der Waals surface area contributed by atoms with Crippen LogP contribution in [-0.4, -0.2) is 26.6 Å². The Morgan fingerprint density at radius 1 is 1.00 bits per heavy atom. The number of phenols is 1. The summed E-state index contributed by atoms with van der Waals surface area (Å²) in [6.07, 6.45) is 4.53. The van der Waals surface area contributed by atoms with Crippen molar-refractivity contribution < 1.29 is 5.11 Å². The summed E-state index contributed by atoms with van der Waals surface area (Å²) in [6, 6.07) is 13.0. The van der Waals surface area contributed by atoms with Crippen LogP contribution in [0.3, 0.4) is 0 Å². The molecular formula is C18H16N4O. The van der Waals surface area contributed by atoms with Crippen LogP contribution < -0.4 is 4.90 Å². The molecule has 0 bridgehead atoms. The van der Waals surface area contributed by atoms with E-state index in [0.29, 0.717) is 5.82 Å². The summed E-state index contributed by atoms with van der Waals surface area (Å²) in [7, 11) is 0. The molecule has 4 rings (SSSR count). The summed E-state index contributed by atoms with van der Waals surface area (Å²) in [5.41, 5.74) is 4.14. The van der Waals surface area contributed by atoms with Gasteiger partial charge in [-0.15, -0.1) is 0 Å². The largest absolute Gasteiger partial charge is 0.508 e. The van der Waals surface area contributed by atoms with E-state index in [4.69, 9.17) is 0 Å². The highest BCUT2D eigenvalue weighted by Crippen LogP contribution is 2.25. The van der Waals surface area contributed by atoms with E-state index in [1.807, 2.05) is 36.5 Å². The molecule has 5 nitrogen and oxygen atoms in total. The minimum atomic E-state index is 0.287. The molecule has 2 aromatic heterocycles. The smallest absolute Gasteiger partial charge is 0.178 e. The standard InChI is InChI=1S/C18H16N4O/c23-15-6-4-14(5-7-15)22-10-8-16-13(12-22)11-20-18(21-16)17-3-1-2-9-19-17/h1-7,9,11,23H,8,10,12H2. The van der Waals surface area contributed by atoms with Gasteiger partial charge in [0.2, 0.25) is 0 Å². The first-order valence-corrected chi connectivity index (χ1v) is 7.60. The predicted molar refractivity (Wildman–Crippen MR) is 88.1 cm³/mol. The molecule has 0 amide bonds. The molecule has 1 aromatic carbocycles. The van der Waals surface area contributed by atoms with Crippen molar-refractivity contribution in [2.24, 2.45) is 0 Å². The van der Waals surface area contributed by atoms with E-state index in [1.54, 1.807) is 18.3 Å². The number of hydrogen-bond acceptors (Lipinski definition) is 5. The lowest BCUT2D eigenvalue weighted by Crippen LogP contribution is -2.31. The summed E-state index contributed by atoms with van der Waals surface area (Å²) >= 11 is 0. The molecule has 0 spiro atoms. The van der Waals surface area contributed by atoms with Gasteiger partial charge < -0.3 is 10.0 Å². The van der Waals surface area contributed by atoms with Crippen molar-refractivity contribution in [3.05, 3.63) is 66.1 Å². The second-order valence-electron chi connectivity index (χ2n) is 5.57. The number of pyridine rings is 1. The second kappa shape index (κ2) is 5.68. The number of fused-ring (bicyclic) bond motifs is 1. The van der Waals surface area contributed by atoms with Gasteiger partial charge in [-0.3, -0.25) is 4.98 Å². The van der Waals surface area contributed by atoms with Gasteiger partial charge in [0.05, 0.1) is 5.69 Å². The summed E-state index contributed by atoms with van der Waals surface area (Å²) in [6.45, 7) is 1.68. The average Bonchev–Trinajstić information content (AvgIpc) is 2.62. The number of nitrogens with zero attached hydrogens (tertiary/aromatic N) is 4. The molecule has 1 aliphatic heterocycles. The van der Waals surface area contributed by atoms with Crippen LogP contribution in [0.1, 0.15) is 11.3 Å². The molecule has 3 aromatic rings. The summed E-state index contributed by atoms with van der Waals surface area (Å²) < 4.78 is 0. The summed E-state index contributed by atoms with van der Waals surface area (Å²) in [5.74, 6) is 0.969. The van der Waals surface area contributed by atoms with Crippen molar-refractivity contribution >= 4 is 5.69 Å². The highest BCUT2D eigenvalue weighted by atomic mass is 16.3. The molecule has 0 atom stereocenters. The van der Waals surface area contributed by atoms with Gasteiger partial charge in [-0.05, 0) is 36.4 Å². The number of aromatic nitrogens is 3. The van der Waals surface area contributed by atoms with E-state index < -0.39 is 0 Å². The lowest BCUT2D eigenvalue weighted by Gasteiger charge is -2.30. The third kappa shape index (κ3) is 2.73. The van der Waals surface area contributed by atoms with Crippen molar-refractivity contribution in [3.8, 4) is 17.3 Å². The second-order valence-corrected chi connectivity index (χ2v) is 5.57. The van der Waals surface area contributed by atoms with E-state index in [2.05, 4.69) is 19.9 Å². The van der Waals surface area contributed by atoms with Gasteiger partial charge in [0, 0.05) is 43.2 Å². The highest BCUT2D eigenvalue weighted by molar-refractivity contribution is 5.52. The monoisotopic (exact) mass is 304 g/mol. The molecule has 0 radical (unpaired) electrons. The zero-order valence-electron chi connectivity index (χ0n) is 12.6. The Kier molecular flexibility index (Phi) is 3.38. The Balaban J connectivity index is 1.60. The lowest BCUT2D eigenvalue weighted by atomic mass is 10.1. The van der Waals surface area contributed by atoms with E-state index in [1.165, 1.54) is 0 Å². The van der Waals surface area contributed by atoms with E-state index in [9.17, 15) is 5.11 Å². The maximum Gasteiger partial charge on any atom is 0.178 e. The molecule has 114 valence electrons. The molecule has 0 unspecified atom stereocenters. The number of rotatable bonds is 2. The quantitative estimate of drug-likeness (QED) is 0.789. The molecule has 1 N–H and O–H groups in total. The Hall–Kier alpha value is -2.95. The van der Waals surface area contributed by atoms with Crippen LogP contribution in [0.5, 0.6) is 5.75 Å². The molecule has 0 fully saturated rings. The van der Waals surface area contributed by atoms with E-state index >= 15 is 0 Å². The SMILES string of the molecule is Oc1ccc(N2CCc3nc(-c4ccccn4)ncc3C2)cc1. The lowest BCUT2D eigenvalue weighted by molar-refractivity contribution is 0.475. The normalized spacial score (nSPS) is 13.7. The van der Waals surface area contributed by atoms with Gasteiger partial charge >= 0.3 is 0 Å². The number of anilines is 1. The molecule has 23 heavy (non-hydrogen) atoms. The zero-order chi connectivity index (χ0) is 15.6. The number of hydrogen-bond donors (Lipinski definition) is 1. The fraction of sp³-hybridized carbons (Fsp3) is 0.167. The third-order valence-electron chi connectivity index (χ3n) is 4.04.